The first kappa shape index (κ1) is 9.85. The van der Waals surface area contributed by atoms with Crippen LogP contribution in [0.1, 0.15) is 5.69 Å². The van der Waals surface area contributed by atoms with Gasteiger partial charge >= 0.3 is 5.69 Å². The highest BCUT2D eigenvalue weighted by Crippen LogP contribution is 2.25. The Balaban J connectivity index is 3.38. The highest BCUT2D eigenvalue weighted by molar-refractivity contribution is 9.10. The number of halogens is 1. The van der Waals surface area contributed by atoms with Crippen molar-refractivity contribution in [1.29, 1.82) is 0 Å². The van der Waals surface area contributed by atoms with Crippen molar-refractivity contribution in [2.75, 3.05) is 12.4 Å². The van der Waals surface area contributed by atoms with Gasteiger partial charge in [0.2, 0.25) is 5.82 Å². The number of hydrogen-bond acceptors (Lipinski definition) is 5. The number of nitro groups is 1. The van der Waals surface area contributed by atoms with E-state index in [1.807, 2.05) is 0 Å². The van der Waals surface area contributed by atoms with Gasteiger partial charge in [-0.25, -0.2) is 4.98 Å². The van der Waals surface area contributed by atoms with Crippen LogP contribution in [0.15, 0.2) is 4.73 Å². The van der Waals surface area contributed by atoms with Gasteiger partial charge in [-0.05, 0) is 22.9 Å². The number of hydrogen-bond donors (Lipinski definition) is 1. The lowest BCUT2D eigenvalue weighted by atomic mass is 10.3. The van der Waals surface area contributed by atoms with Gasteiger partial charge in [-0.1, -0.05) is 0 Å². The molecule has 1 rings (SSSR count). The normalized spacial score (nSPS) is 9.77. The highest BCUT2D eigenvalue weighted by Gasteiger charge is 2.19. The Morgan fingerprint density at radius 2 is 2.15 bits per heavy atom. The second-order valence-corrected chi connectivity index (χ2v) is 2.99. The molecule has 0 spiro atoms. The first-order valence-electron chi connectivity index (χ1n) is 3.42. The Labute approximate surface area is 82.7 Å². The molecule has 0 aromatic carbocycles. The van der Waals surface area contributed by atoms with E-state index in [1.54, 1.807) is 14.0 Å². The molecular formula is C6H7BrN4O2. The zero-order valence-corrected chi connectivity index (χ0v) is 8.62. The van der Waals surface area contributed by atoms with E-state index in [2.05, 4.69) is 31.2 Å². The summed E-state index contributed by atoms with van der Waals surface area (Å²) in [6.07, 6.45) is 0. The molecule has 0 atom stereocenters. The molecule has 0 saturated carbocycles. The lowest BCUT2D eigenvalue weighted by Gasteiger charge is -2.02. The van der Waals surface area contributed by atoms with E-state index in [0.717, 1.165) is 0 Å². The minimum absolute atomic E-state index is 0.0919. The van der Waals surface area contributed by atoms with Crippen LogP contribution >= 0.6 is 15.9 Å². The van der Waals surface area contributed by atoms with E-state index < -0.39 is 4.92 Å². The van der Waals surface area contributed by atoms with Gasteiger partial charge in [0.15, 0.2) is 4.73 Å². The van der Waals surface area contributed by atoms with Crippen LogP contribution in [0.3, 0.4) is 0 Å². The molecule has 0 radical (unpaired) electrons. The monoisotopic (exact) mass is 246 g/mol. The second-order valence-electron chi connectivity index (χ2n) is 2.28. The van der Waals surface area contributed by atoms with Crippen molar-refractivity contribution in [1.82, 2.24) is 9.97 Å². The van der Waals surface area contributed by atoms with Crippen molar-refractivity contribution in [2.45, 2.75) is 6.92 Å². The van der Waals surface area contributed by atoms with Crippen molar-refractivity contribution in [3.63, 3.8) is 0 Å². The van der Waals surface area contributed by atoms with E-state index in [4.69, 9.17) is 0 Å². The third-order valence-corrected chi connectivity index (χ3v) is 1.81. The number of aryl methyl sites for hydroxylation is 1. The topological polar surface area (TPSA) is 81.0 Å². The van der Waals surface area contributed by atoms with Gasteiger partial charge < -0.3 is 5.32 Å². The molecular weight excluding hydrogens is 240 g/mol. The molecule has 1 N–H and O–H groups in total. The third kappa shape index (κ3) is 1.92. The minimum atomic E-state index is -0.506. The van der Waals surface area contributed by atoms with Gasteiger partial charge in [0.25, 0.3) is 0 Å². The van der Waals surface area contributed by atoms with Crippen LogP contribution in [-0.4, -0.2) is 21.9 Å². The van der Waals surface area contributed by atoms with E-state index in [-0.39, 0.29) is 11.5 Å². The van der Waals surface area contributed by atoms with Crippen molar-refractivity contribution in [3.8, 4) is 0 Å². The standard InChI is InChI=1S/C6H7BrN4O2/c1-3-4(11(12)13)5(8-2)10-6(7)9-3/h1-2H3,(H,8,9,10). The number of rotatable bonds is 2. The first-order chi connectivity index (χ1) is 6.06. The number of nitrogens with one attached hydrogen (secondary N) is 1. The smallest absolute Gasteiger partial charge is 0.332 e. The second kappa shape index (κ2) is 3.65. The van der Waals surface area contributed by atoms with Crippen molar-refractivity contribution in [3.05, 3.63) is 20.5 Å². The summed E-state index contributed by atoms with van der Waals surface area (Å²) in [5, 5.41) is 13.2. The Morgan fingerprint density at radius 1 is 1.54 bits per heavy atom. The summed E-state index contributed by atoms with van der Waals surface area (Å²) in [4.78, 5) is 17.7. The molecule has 1 aromatic heterocycles. The molecule has 0 unspecified atom stereocenters. The average molecular weight is 247 g/mol. The Hall–Kier alpha value is -1.24. The van der Waals surface area contributed by atoms with Crippen LogP contribution in [-0.2, 0) is 0 Å². The van der Waals surface area contributed by atoms with Crippen LogP contribution < -0.4 is 5.32 Å². The molecule has 0 aliphatic rings. The van der Waals surface area contributed by atoms with E-state index in [0.29, 0.717) is 10.4 Å². The van der Waals surface area contributed by atoms with E-state index in [9.17, 15) is 10.1 Å². The molecule has 13 heavy (non-hydrogen) atoms. The summed E-state index contributed by atoms with van der Waals surface area (Å²) < 4.78 is 0.333. The van der Waals surface area contributed by atoms with Crippen LogP contribution in [0.2, 0.25) is 0 Å². The minimum Gasteiger partial charge on any atom is -0.367 e. The zero-order valence-electron chi connectivity index (χ0n) is 7.04. The molecule has 70 valence electrons. The molecule has 1 aromatic rings. The summed E-state index contributed by atoms with van der Waals surface area (Å²) in [6, 6.07) is 0. The zero-order chi connectivity index (χ0) is 10.0. The van der Waals surface area contributed by atoms with Gasteiger partial charge in [0.05, 0.1) is 4.92 Å². The lowest BCUT2D eigenvalue weighted by molar-refractivity contribution is -0.385. The van der Waals surface area contributed by atoms with Gasteiger partial charge in [0.1, 0.15) is 5.69 Å². The molecule has 0 amide bonds. The molecule has 0 aliphatic carbocycles. The summed E-state index contributed by atoms with van der Waals surface area (Å²) in [7, 11) is 1.57. The Morgan fingerprint density at radius 3 is 2.62 bits per heavy atom. The van der Waals surface area contributed by atoms with Gasteiger partial charge in [-0.2, -0.15) is 4.98 Å². The quantitative estimate of drug-likeness (QED) is 0.486. The molecule has 0 fully saturated rings. The van der Waals surface area contributed by atoms with Crippen LogP contribution in [0.5, 0.6) is 0 Å². The third-order valence-electron chi connectivity index (χ3n) is 1.45. The molecule has 1 heterocycles. The predicted octanol–water partition coefficient (Wildman–Crippen LogP) is 1.50. The van der Waals surface area contributed by atoms with Crippen molar-refractivity contribution < 1.29 is 4.92 Å². The SMILES string of the molecule is CNc1nc(Br)nc(C)c1[N+](=O)[O-]. The van der Waals surface area contributed by atoms with Gasteiger partial charge in [-0.15, -0.1) is 0 Å². The van der Waals surface area contributed by atoms with Crippen LogP contribution in [0.25, 0.3) is 0 Å². The molecule has 0 bridgehead atoms. The highest BCUT2D eigenvalue weighted by atomic mass is 79.9. The summed E-state index contributed by atoms with van der Waals surface area (Å²) in [5.41, 5.74) is 0.238. The molecule has 7 heteroatoms. The maximum absolute atomic E-state index is 10.6. The Bertz CT molecular complexity index is 355. The maximum Gasteiger partial charge on any atom is 0.332 e. The fourth-order valence-electron chi connectivity index (χ4n) is 0.926. The molecule has 6 nitrogen and oxygen atoms in total. The molecule has 0 aliphatic heterocycles. The Kier molecular flexibility index (Phi) is 2.76. The van der Waals surface area contributed by atoms with Crippen molar-refractivity contribution in [2.24, 2.45) is 0 Å². The lowest BCUT2D eigenvalue weighted by Crippen LogP contribution is -2.03. The molecule has 0 saturated heterocycles. The fraction of sp³-hybridized carbons (Fsp3) is 0.333. The summed E-state index contributed by atoms with van der Waals surface area (Å²) in [6.45, 7) is 1.56. The first-order valence-corrected chi connectivity index (χ1v) is 4.22. The van der Waals surface area contributed by atoms with Crippen LogP contribution in [0.4, 0.5) is 11.5 Å². The summed E-state index contributed by atoms with van der Waals surface area (Å²) in [5.74, 6) is 0.212. The largest absolute Gasteiger partial charge is 0.367 e. The van der Waals surface area contributed by atoms with E-state index in [1.165, 1.54) is 0 Å². The summed E-state index contributed by atoms with van der Waals surface area (Å²) >= 11 is 3.05. The number of anilines is 1. The predicted molar refractivity (Wildman–Crippen MR) is 50.7 cm³/mol. The average Bonchev–Trinajstić information content (AvgIpc) is 2.01. The number of nitrogens with zero attached hydrogens (tertiary/aromatic N) is 3. The number of aromatic nitrogens is 2. The van der Waals surface area contributed by atoms with Crippen molar-refractivity contribution >= 4 is 27.4 Å². The van der Waals surface area contributed by atoms with Gasteiger partial charge in [0, 0.05) is 7.05 Å². The van der Waals surface area contributed by atoms with Gasteiger partial charge in [-0.3, -0.25) is 10.1 Å². The van der Waals surface area contributed by atoms with E-state index >= 15 is 0 Å². The maximum atomic E-state index is 10.6. The van der Waals surface area contributed by atoms with Crippen LogP contribution in [0, 0.1) is 17.0 Å². The fourth-order valence-corrected chi connectivity index (χ4v) is 1.37.